The second-order valence-electron chi connectivity index (χ2n) is 17.5. The summed E-state index contributed by atoms with van der Waals surface area (Å²) in [7, 11) is 0. The van der Waals surface area contributed by atoms with Gasteiger partial charge < -0.3 is 5.11 Å². The Balaban J connectivity index is 1.27. The van der Waals surface area contributed by atoms with E-state index in [2.05, 4.69) is 67.2 Å². The quantitative estimate of drug-likeness (QED) is 0.348. The van der Waals surface area contributed by atoms with E-state index >= 15 is 0 Å². The third-order valence-corrected chi connectivity index (χ3v) is 15.9. The Morgan fingerprint density at radius 1 is 0.850 bits per heavy atom. The molecule has 0 spiro atoms. The van der Waals surface area contributed by atoms with Gasteiger partial charge in [-0.15, -0.1) is 0 Å². The van der Waals surface area contributed by atoms with E-state index in [1.165, 1.54) is 56.9 Å². The van der Waals surface area contributed by atoms with Crippen LogP contribution in [0.4, 0.5) is 0 Å². The molecular formula is C38H60O2. The van der Waals surface area contributed by atoms with E-state index in [0.717, 1.165) is 36.5 Å². The lowest BCUT2D eigenvalue weighted by Gasteiger charge is -2.72. The first-order valence-corrected chi connectivity index (χ1v) is 17.2. The lowest BCUT2D eigenvalue weighted by molar-refractivity contribution is -0.234. The van der Waals surface area contributed by atoms with Crippen LogP contribution in [0.15, 0.2) is 24.3 Å². The topological polar surface area (TPSA) is 37.3 Å². The summed E-state index contributed by atoms with van der Waals surface area (Å²) in [5.41, 5.74) is 3.02. The molecular weight excluding hydrogens is 488 g/mol. The highest BCUT2D eigenvalue weighted by atomic mass is 16.3. The van der Waals surface area contributed by atoms with E-state index in [9.17, 15) is 9.90 Å². The van der Waals surface area contributed by atoms with Crippen molar-refractivity contribution < 1.29 is 9.90 Å². The van der Waals surface area contributed by atoms with Crippen LogP contribution in [0.5, 0.6) is 0 Å². The van der Waals surface area contributed by atoms with Gasteiger partial charge in [0.1, 0.15) is 5.78 Å². The molecule has 0 heterocycles. The summed E-state index contributed by atoms with van der Waals surface area (Å²) in [6.45, 7) is 22.9. The summed E-state index contributed by atoms with van der Waals surface area (Å²) >= 11 is 0. The van der Waals surface area contributed by atoms with Gasteiger partial charge in [-0.25, -0.2) is 0 Å². The summed E-state index contributed by atoms with van der Waals surface area (Å²) in [5, 5.41) is 9.59. The molecule has 0 aromatic carbocycles. The van der Waals surface area contributed by atoms with Gasteiger partial charge in [-0.05, 0) is 140 Å². The summed E-state index contributed by atoms with van der Waals surface area (Å²) < 4.78 is 0. The van der Waals surface area contributed by atoms with Crippen molar-refractivity contribution in [3.8, 4) is 0 Å². The second-order valence-corrected chi connectivity index (χ2v) is 17.5. The zero-order valence-electron chi connectivity index (χ0n) is 27.0. The van der Waals surface area contributed by atoms with Crippen molar-refractivity contribution in [1.29, 1.82) is 0 Å². The highest BCUT2D eigenvalue weighted by Crippen LogP contribution is 2.76. The number of hydrogen-bond donors (Lipinski definition) is 1. The van der Waals surface area contributed by atoms with Crippen molar-refractivity contribution in [2.75, 3.05) is 6.61 Å². The molecule has 40 heavy (non-hydrogen) atoms. The number of rotatable bonds is 5. The third kappa shape index (κ3) is 3.99. The fourth-order valence-corrected chi connectivity index (χ4v) is 13.3. The summed E-state index contributed by atoms with van der Waals surface area (Å²) in [6, 6.07) is 0. The Morgan fingerprint density at radius 3 is 2.23 bits per heavy atom. The normalized spacial score (nSPS) is 52.8. The average Bonchev–Trinajstić information content (AvgIpc) is 3.51. The monoisotopic (exact) mass is 548 g/mol. The Kier molecular flexibility index (Phi) is 7.17. The highest BCUT2D eigenvalue weighted by Gasteiger charge is 2.69. The van der Waals surface area contributed by atoms with Gasteiger partial charge in [0.25, 0.3) is 0 Å². The Bertz CT molecular complexity index is 1050. The number of aliphatic hydroxyl groups is 1. The number of aliphatic hydroxyl groups excluding tert-OH is 1. The molecule has 2 heteroatoms. The molecule has 6 aliphatic rings. The van der Waals surface area contributed by atoms with E-state index in [-0.39, 0.29) is 18.4 Å². The van der Waals surface area contributed by atoms with Crippen molar-refractivity contribution in [1.82, 2.24) is 0 Å². The third-order valence-electron chi connectivity index (χ3n) is 15.9. The van der Waals surface area contributed by atoms with E-state index in [0.29, 0.717) is 57.5 Å². The summed E-state index contributed by atoms with van der Waals surface area (Å²) in [6.07, 6.45) is 18.0. The molecule has 3 unspecified atom stereocenters. The Hall–Kier alpha value is -0.890. The lowest BCUT2D eigenvalue weighted by atomic mass is 9.32. The number of hydrogen-bond acceptors (Lipinski definition) is 2. The highest BCUT2D eigenvalue weighted by molar-refractivity contribution is 5.82. The average molecular weight is 549 g/mol. The van der Waals surface area contributed by atoms with Crippen LogP contribution in [0.25, 0.3) is 0 Å². The van der Waals surface area contributed by atoms with Crippen LogP contribution < -0.4 is 0 Å². The zero-order valence-corrected chi connectivity index (χ0v) is 27.0. The molecule has 2 nitrogen and oxygen atoms in total. The Labute approximate surface area is 246 Å². The molecule has 224 valence electrons. The summed E-state index contributed by atoms with van der Waals surface area (Å²) in [5.74, 6) is 6.25. The van der Waals surface area contributed by atoms with Crippen molar-refractivity contribution in [3.05, 3.63) is 24.3 Å². The maximum absolute atomic E-state index is 13.9. The van der Waals surface area contributed by atoms with Gasteiger partial charge in [-0.2, -0.15) is 0 Å². The molecule has 13 atom stereocenters. The van der Waals surface area contributed by atoms with Crippen molar-refractivity contribution >= 4 is 5.78 Å². The molecule has 1 N–H and O–H groups in total. The fourth-order valence-electron chi connectivity index (χ4n) is 13.3. The van der Waals surface area contributed by atoms with Gasteiger partial charge in [0.2, 0.25) is 0 Å². The van der Waals surface area contributed by atoms with Gasteiger partial charge in [0.15, 0.2) is 0 Å². The molecule has 0 radical (unpaired) electrons. The van der Waals surface area contributed by atoms with Crippen LogP contribution in [0.3, 0.4) is 0 Å². The van der Waals surface area contributed by atoms with Gasteiger partial charge in [-0.3, -0.25) is 4.79 Å². The molecule has 0 saturated heterocycles. The van der Waals surface area contributed by atoms with Crippen LogP contribution >= 0.6 is 0 Å². The lowest BCUT2D eigenvalue weighted by Crippen LogP contribution is -2.65. The van der Waals surface area contributed by atoms with E-state index in [1.54, 1.807) is 0 Å². The van der Waals surface area contributed by atoms with E-state index in [1.807, 2.05) is 0 Å². The fraction of sp³-hybridized carbons (Fsp3) is 0.868. The van der Waals surface area contributed by atoms with Crippen LogP contribution in [-0.4, -0.2) is 17.5 Å². The van der Waals surface area contributed by atoms with Crippen LogP contribution in [0.1, 0.15) is 119 Å². The number of fused-ring (bicyclic) bond motifs is 7. The molecule has 5 fully saturated rings. The minimum absolute atomic E-state index is 0.212. The number of carbonyl (C=O) groups is 1. The standard InChI is InChI=1S/C38H60O2/c1-23(2)28-21-29(31(40)20-25-9-10-26(19-25)22-39)27-14-17-37(7)30(34(27)28)11-12-33-36(6)16-13-24(3)35(4,5)32(36)15-18-38(33,37)8/h9-10,24-30,32-34,39H,1,11-22H2,2-8H3/t24-,25?,26?,27?,28-,29+,30+,32-,33+,34+,36-,37+,38+/m0/s1. The van der Waals surface area contributed by atoms with E-state index < -0.39 is 0 Å². The second kappa shape index (κ2) is 9.82. The summed E-state index contributed by atoms with van der Waals surface area (Å²) in [4.78, 5) is 13.9. The molecule has 6 aliphatic carbocycles. The number of Topliss-reactive ketones (excluding diaryl/α,β-unsaturated/α-hetero) is 1. The molecule has 0 bridgehead atoms. The minimum atomic E-state index is 0.212. The zero-order chi connectivity index (χ0) is 28.8. The smallest absolute Gasteiger partial charge is 0.136 e. The van der Waals surface area contributed by atoms with Gasteiger partial charge in [-0.1, -0.05) is 65.8 Å². The van der Waals surface area contributed by atoms with Gasteiger partial charge in [0.05, 0.1) is 0 Å². The van der Waals surface area contributed by atoms with Crippen molar-refractivity contribution in [2.45, 2.75) is 119 Å². The van der Waals surface area contributed by atoms with Crippen LogP contribution in [0, 0.1) is 80.8 Å². The first kappa shape index (κ1) is 29.2. The van der Waals surface area contributed by atoms with Crippen LogP contribution in [0.2, 0.25) is 0 Å². The molecule has 0 aliphatic heterocycles. The number of carbonyl (C=O) groups excluding carboxylic acids is 1. The van der Waals surface area contributed by atoms with Crippen molar-refractivity contribution in [2.24, 2.45) is 80.8 Å². The largest absolute Gasteiger partial charge is 0.396 e. The van der Waals surface area contributed by atoms with Gasteiger partial charge in [0, 0.05) is 24.9 Å². The first-order valence-electron chi connectivity index (χ1n) is 17.2. The van der Waals surface area contributed by atoms with E-state index in [4.69, 9.17) is 0 Å². The predicted octanol–water partition coefficient (Wildman–Crippen LogP) is 9.28. The molecule has 0 aromatic rings. The molecule has 0 aromatic heterocycles. The number of allylic oxidation sites excluding steroid dienone is 2. The molecule has 6 rings (SSSR count). The molecule has 0 amide bonds. The van der Waals surface area contributed by atoms with Gasteiger partial charge >= 0.3 is 0 Å². The van der Waals surface area contributed by atoms with Crippen molar-refractivity contribution in [3.63, 3.8) is 0 Å². The van der Waals surface area contributed by atoms with Crippen LogP contribution in [-0.2, 0) is 4.79 Å². The first-order chi connectivity index (χ1) is 18.8. The Morgan fingerprint density at radius 2 is 1.55 bits per heavy atom. The predicted molar refractivity (Wildman–Crippen MR) is 166 cm³/mol. The molecule has 5 saturated carbocycles. The minimum Gasteiger partial charge on any atom is -0.396 e. The maximum Gasteiger partial charge on any atom is 0.136 e. The SMILES string of the molecule is C=C(C)[C@@H]1C[C@@H](C(=O)CC2C=CC(CO)C2)C2CC[C@]3(C)[C@H](CC[C@@H]4[C@@]5(C)CC[C@H](C)C(C)(C)[C@@H]5CC[C@]43C)[C@H]21. The maximum atomic E-state index is 13.9. The number of ketones is 1.